The molecule has 0 fully saturated rings. The lowest BCUT2D eigenvalue weighted by Crippen LogP contribution is -2.47. The minimum Gasteiger partial charge on any atom is -0.451 e. The number of aryl methyl sites for hydroxylation is 1. The number of carbonyl (C=O) groups is 3. The summed E-state index contributed by atoms with van der Waals surface area (Å²) in [4.78, 5) is 35.2. The van der Waals surface area contributed by atoms with Crippen LogP contribution in [0.3, 0.4) is 0 Å². The van der Waals surface area contributed by atoms with Crippen LogP contribution in [-0.2, 0) is 14.3 Å². The van der Waals surface area contributed by atoms with Crippen molar-refractivity contribution in [2.45, 2.75) is 39.8 Å². The number of esters is 1. The lowest BCUT2D eigenvalue weighted by Gasteiger charge is -2.22. The van der Waals surface area contributed by atoms with Crippen LogP contribution in [0.15, 0.2) is 24.3 Å². The number of benzene rings is 1. The molecule has 0 aliphatic rings. The molecule has 0 saturated heterocycles. The third-order valence-corrected chi connectivity index (χ3v) is 3.21. The van der Waals surface area contributed by atoms with Gasteiger partial charge < -0.3 is 15.8 Å². The van der Waals surface area contributed by atoms with Gasteiger partial charge in [0.1, 0.15) is 6.04 Å². The van der Waals surface area contributed by atoms with Crippen molar-refractivity contribution in [2.24, 2.45) is 11.7 Å². The smallest absolute Gasteiger partial charge is 0.329 e. The molecular formula is C16H22N2O4. The number of ether oxygens (including phenoxy) is 1. The van der Waals surface area contributed by atoms with Crippen LogP contribution in [-0.4, -0.2) is 29.9 Å². The summed E-state index contributed by atoms with van der Waals surface area (Å²) < 4.78 is 4.96. The van der Waals surface area contributed by atoms with E-state index in [0.717, 1.165) is 5.56 Å². The van der Waals surface area contributed by atoms with Crippen molar-refractivity contribution in [2.75, 3.05) is 0 Å². The number of rotatable bonds is 6. The fourth-order valence-electron chi connectivity index (χ4n) is 1.73. The second-order valence-corrected chi connectivity index (χ2v) is 5.54. The Balaban J connectivity index is 2.79. The zero-order valence-electron chi connectivity index (χ0n) is 13.3. The van der Waals surface area contributed by atoms with Gasteiger partial charge in [-0.05, 0) is 31.9 Å². The maximum Gasteiger partial charge on any atom is 0.329 e. The van der Waals surface area contributed by atoms with Crippen LogP contribution in [0.2, 0.25) is 0 Å². The topological polar surface area (TPSA) is 98.5 Å². The summed E-state index contributed by atoms with van der Waals surface area (Å²) in [6.07, 6.45) is -1.04. The Kier molecular flexibility index (Phi) is 6.10. The van der Waals surface area contributed by atoms with E-state index in [1.54, 1.807) is 26.0 Å². The van der Waals surface area contributed by atoms with Crippen LogP contribution >= 0.6 is 0 Å². The first-order chi connectivity index (χ1) is 10.2. The summed E-state index contributed by atoms with van der Waals surface area (Å²) in [7, 11) is 0. The molecular weight excluding hydrogens is 284 g/mol. The SMILES string of the molecule is Cc1ccc(C(=O)N[C@@H](C(=O)O[C@H](C)C(N)=O)C(C)C)cc1. The first kappa shape index (κ1) is 17.7. The molecule has 0 aromatic heterocycles. The van der Waals surface area contributed by atoms with Gasteiger partial charge in [-0.2, -0.15) is 0 Å². The number of primary amides is 1. The van der Waals surface area contributed by atoms with Crippen LogP contribution in [0.25, 0.3) is 0 Å². The van der Waals surface area contributed by atoms with E-state index in [9.17, 15) is 14.4 Å². The maximum atomic E-state index is 12.2. The summed E-state index contributed by atoms with van der Waals surface area (Å²) in [5.74, 6) is -1.98. The average molecular weight is 306 g/mol. The van der Waals surface area contributed by atoms with Crippen LogP contribution < -0.4 is 11.1 Å². The van der Waals surface area contributed by atoms with Crippen molar-refractivity contribution in [1.29, 1.82) is 0 Å². The molecule has 1 rings (SSSR count). The van der Waals surface area contributed by atoms with Crippen molar-refractivity contribution >= 4 is 17.8 Å². The van der Waals surface area contributed by atoms with E-state index >= 15 is 0 Å². The van der Waals surface area contributed by atoms with Crippen LogP contribution in [0.1, 0.15) is 36.7 Å². The van der Waals surface area contributed by atoms with E-state index < -0.39 is 24.0 Å². The first-order valence-corrected chi connectivity index (χ1v) is 7.09. The molecule has 1 aromatic rings. The van der Waals surface area contributed by atoms with Gasteiger partial charge in [-0.3, -0.25) is 9.59 Å². The third kappa shape index (κ3) is 4.87. The highest BCUT2D eigenvalue weighted by atomic mass is 16.5. The Hall–Kier alpha value is -2.37. The van der Waals surface area contributed by atoms with Crippen molar-refractivity contribution in [1.82, 2.24) is 5.32 Å². The molecule has 1 aromatic carbocycles. The largest absolute Gasteiger partial charge is 0.451 e. The number of hydrogen-bond acceptors (Lipinski definition) is 4. The average Bonchev–Trinajstić information content (AvgIpc) is 2.44. The Bertz CT molecular complexity index is 552. The number of amides is 2. The normalized spacial score (nSPS) is 13.3. The van der Waals surface area contributed by atoms with Crippen LogP contribution in [0.5, 0.6) is 0 Å². The quantitative estimate of drug-likeness (QED) is 0.771. The van der Waals surface area contributed by atoms with Gasteiger partial charge in [-0.15, -0.1) is 0 Å². The zero-order valence-corrected chi connectivity index (χ0v) is 13.3. The summed E-state index contributed by atoms with van der Waals surface area (Å²) >= 11 is 0. The Morgan fingerprint density at radius 2 is 1.64 bits per heavy atom. The van der Waals surface area contributed by atoms with Crippen molar-refractivity contribution in [3.8, 4) is 0 Å². The van der Waals surface area contributed by atoms with E-state index in [0.29, 0.717) is 5.56 Å². The summed E-state index contributed by atoms with van der Waals surface area (Å²) in [6.45, 7) is 6.85. The molecule has 3 N–H and O–H groups in total. The highest BCUT2D eigenvalue weighted by molar-refractivity contribution is 5.97. The van der Waals surface area contributed by atoms with Gasteiger partial charge in [0.15, 0.2) is 6.10 Å². The molecule has 0 saturated carbocycles. The second kappa shape index (κ2) is 7.59. The lowest BCUT2D eigenvalue weighted by molar-refractivity contribution is -0.156. The van der Waals surface area contributed by atoms with Gasteiger partial charge in [-0.25, -0.2) is 4.79 Å². The van der Waals surface area contributed by atoms with Gasteiger partial charge in [-0.1, -0.05) is 31.5 Å². The number of carbonyl (C=O) groups excluding carboxylic acids is 3. The third-order valence-electron chi connectivity index (χ3n) is 3.21. The predicted octanol–water partition coefficient (Wildman–Crippen LogP) is 1.17. The van der Waals surface area contributed by atoms with Gasteiger partial charge in [0.25, 0.3) is 11.8 Å². The molecule has 2 atom stereocenters. The number of nitrogens with one attached hydrogen (secondary N) is 1. The molecule has 0 bridgehead atoms. The van der Waals surface area contributed by atoms with E-state index in [1.807, 2.05) is 19.1 Å². The van der Waals surface area contributed by atoms with Crippen LogP contribution in [0, 0.1) is 12.8 Å². The van der Waals surface area contributed by atoms with Crippen molar-refractivity contribution < 1.29 is 19.1 Å². The van der Waals surface area contributed by atoms with Crippen molar-refractivity contribution in [3.05, 3.63) is 35.4 Å². The molecule has 0 heterocycles. The van der Waals surface area contributed by atoms with Gasteiger partial charge in [0.05, 0.1) is 0 Å². The van der Waals surface area contributed by atoms with Gasteiger partial charge in [0.2, 0.25) is 0 Å². The highest BCUT2D eigenvalue weighted by Gasteiger charge is 2.28. The molecule has 120 valence electrons. The minimum absolute atomic E-state index is 0.193. The fourth-order valence-corrected chi connectivity index (χ4v) is 1.73. The van der Waals surface area contributed by atoms with Crippen molar-refractivity contribution in [3.63, 3.8) is 0 Å². The van der Waals surface area contributed by atoms with Crippen LogP contribution in [0.4, 0.5) is 0 Å². The van der Waals surface area contributed by atoms with Gasteiger partial charge >= 0.3 is 5.97 Å². The van der Waals surface area contributed by atoms with E-state index in [-0.39, 0.29) is 11.8 Å². The lowest BCUT2D eigenvalue weighted by atomic mass is 10.0. The summed E-state index contributed by atoms with van der Waals surface area (Å²) in [5.41, 5.74) is 6.55. The minimum atomic E-state index is -1.04. The molecule has 0 spiro atoms. The molecule has 0 aliphatic carbocycles. The Morgan fingerprint density at radius 1 is 1.09 bits per heavy atom. The maximum absolute atomic E-state index is 12.2. The fraction of sp³-hybridized carbons (Fsp3) is 0.438. The molecule has 6 nitrogen and oxygen atoms in total. The van der Waals surface area contributed by atoms with Gasteiger partial charge in [0, 0.05) is 5.56 Å². The number of hydrogen-bond donors (Lipinski definition) is 2. The predicted molar refractivity (Wildman–Crippen MR) is 82.0 cm³/mol. The Morgan fingerprint density at radius 3 is 2.09 bits per heavy atom. The highest BCUT2D eigenvalue weighted by Crippen LogP contribution is 2.09. The monoisotopic (exact) mass is 306 g/mol. The Labute approximate surface area is 130 Å². The molecule has 0 unspecified atom stereocenters. The van der Waals surface area contributed by atoms with E-state index in [1.165, 1.54) is 6.92 Å². The molecule has 0 aliphatic heterocycles. The molecule has 0 radical (unpaired) electrons. The molecule has 2 amide bonds. The second-order valence-electron chi connectivity index (χ2n) is 5.54. The molecule has 22 heavy (non-hydrogen) atoms. The summed E-state index contributed by atoms with van der Waals surface area (Å²) in [5, 5.41) is 2.63. The standard InChI is InChI=1S/C16H22N2O4/c1-9(2)13(16(21)22-11(4)14(17)19)18-15(20)12-7-5-10(3)6-8-12/h5-9,11,13H,1-4H3,(H2,17,19)(H,18,20)/t11-,13-/m1/s1. The zero-order chi connectivity index (χ0) is 16.9. The first-order valence-electron chi connectivity index (χ1n) is 7.09. The van der Waals surface area contributed by atoms with E-state index in [4.69, 9.17) is 10.5 Å². The van der Waals surface area contributed by atoms with E-state index in [2.05, 4.69) is 5.32 Å². The number of nitrogens with two attached hydrogens (primary N) is 1. The molecule has 6 heteroatoms. The summed E-state index contributed by atoms with van der Waals surface area (Å²) in [6, 6.07) is 6.13.